The van der Waals surface area contributed by atoms with Crippen LogP contribution in [0.1, 0.15) is 0 Å². The lowest BCUT2D eigenvalue weighted by Crippen LogP contribution is -2.44. The van der Waals surface area contributed by atoms with E-state index in [-0.39, 0.29) is 0 Å². The van der Waals surface area contributed by atoms with Crippen LogP contribution in [0.2, 0.25) is 5.02 Å². The number of hydrogen-bond donors (Lipinski definition) is 0. The largest absolute Gasteiger partial charge is 0.369 e. The van der Waals surface area contributed by atoms with Crippen LogP contribution >= 0.6 is 11.6 Å². The van der Waals surface area contributed by atoms with Gasteiger partial charge in [0, 0.05) is 66.0 Å². The third-order valence-corrected chi connectivity index (χ3v) is 5.90. The van der Waals surface area contributed by atoms with Crippen LogP contribution in [0.4, 0.5) is 5.69 Å². The Morgan fingerprint density at radius 2 is 1.69 bits per heavy atom. The number of fused-ring (bicyclic) bond motifs is 1. The fourth-order valence-electron chi connectivity index (χ4n) is 3.85. The van der Waals surface area contributed by atoms with Crippen molar-refractivity contribution in [2.45, 2.75) is 0 Å². The molecule has 6 heteroatoms. The van der Waals surface area contributed by atoms with Crippen molar-refractivity contribution in [2.75, 3.05) is 38.1 Å². The fraction of sp³-hybridized carbons (Fsp3) is 0.217. The highest BCUT2D eigenvalue weighted by molar-refractivity contribution is 6.33. The zero-order valence-corrected chi connectivity index (χ0v) is 17.0. The van der Waals surface area contributed by atoms with Crippen molar-refractivity contribution < 1.29 is 0 Å². The van der Waals surface area contributed by atoms with Gasteiger partial charge in [0.2, 0.25) is 0 Å². The van der Waals surface area contributed by atoms with Crippen molar-refractivity contribution in [3.8, 4) is 22.3 Å². The molecule has 146 valence electrons. The fourth-order valence-corrected chi connectivity index (χ4v) is 4.09. The summed E-state index contributed by atoms with van der Waals surface area (Å²) < 4.78 is 1.83. The van der Waals surface area contributed by atoms with Gasteiger partial charge in [0.15, 0.2) is 5.65 Å². The molecule has 0 bridgehead atoms. The highest BCUT2D eigenvalue weighted by atomic mass is 35.5. The van der Waals surface area contributed by atoms with Crippen LogP contribution in [-0.2, 0) is 0 Å². The van der Waals surface area contributed by atoms with Gasteiger partial charge in [0.25, 0.3) is 0 Å². The molecule has 1 fully saturated rings. The zero-order valence-electron chi connectivity index (χ0n) is 16.3. The van der Waals surface area contributed by atoms with Crippen LogP contribution in [-0.4, -0.2) is 52.7 Å². The number of likely N-dealkylation sites (N-methyl/N-ethyl adjacent to an activating group) is 1. The quantitative estimate of drug-likeness (QED) is 0.505. The molecule has 0 amide bonds. The SMILES string of the molecule is CN1CCN(c2cccc(-c3cnn4cc(-c5ccccc5Cl)cnc34)c2)CC1. The molecule has 2 aromatic heterocycles. The van der Waals surface area contributed by atoms with Gasteiger partial charge in [-0.15, -0.1) is 0 Å². The van der Waals surface area contributed by atoms with E-state index in [2.05, 4.69) is 46.2 Å². The van der Waals surface area contributed by atoms with E-state index in [1.54, 1.807) is 0 Å². The second-order valence-corrected chi connectivity index (χ2v) is 7.90. The summed E-state index contributed by atoms with van der Waals surface area (Å²) in [7, 11) is 2.18. The topological polar surface area (TPSA) is 36.7 Å². The van der Waals surface area contributed by atoms with Gasteiger partial charge in [-0.2, -0.15) is 5.10 Å². The molecule has 1 saturated heterocycles. The minimum atomic E-state index is 0.709. The Morgan fingerprint density at radius 3 is 2.52 bits per heavy atom. The van der Waals surface area contributed by atoms with Crippen LogP contribution in [0, 0.1) is 0 Å². The molecule has 5 nitrogen and oxygen atoms in total. The molecular weight excluding hydrogens is 382 g/mol. The molecule has 1 aliphatic heterocycles. The van der Waals surface area contributed by atoms with Gasteiger partial charge in [-0.1, -0.05) is 41.9 Å². The zero-order chi connectivity index (χ0) is 19.8. The minimum Gasteiger partial charge on any atom is -0.369 e. The second kappa shape index (κ2) is 7.50. The average Bonchev–Trinajstić information content (AvgIpc) is 3.18. The maximum absolute atomic E-state index is 6.35. The maximum atomic E-state index is 6.35. The molecular formula is C23H22ClN5. The van der Waals surface area contributed by atoms with Crippen molar-refractivity contribution in [3.05, 3.63) is 72.1 Å². The summed E-state index contributed by atoms with van der Waals surface area (Å²) in [6, 6.07) is 16.5. The normalized spacial score (nSPS) is 15.2. The third kappa shape index (κ3) is 3.48. The standard InChI is InChI=1S/C23H22ClN5/c1-27-9-11-28(12-10-27)19-6-4-5-17(13-19)21-15-26-29-16-18(14-25-23(21)29)20-7-2-3-8-22(20)24/h2-8,13-16H,9-12H2,1H3. The lowest BCUT2D eigenvalue weighted by molar-refractivity contribution is 0.313. The molecule has 3 heterocycles. The first-order chi connectivity index (χ1) is 14.2. The monoisotopic (exact) mass is 403 g/mol. The van der Waals surface area contributed by atoms with Gasteiger partial charge >= 0.3 is 0 Å². The summed E-state index contributed by atoms with van der Waals surface area (Å²) in [4.78, 5) is 9.52. The van der Waals surface area contributed by atoms with Crippen LogP contribution < -0.4 is 4.90 Å². The first kappa shape index (κ1) is 18.2. The summed E-state index contributed by atoms with van der Waals surface area (Å²) in [6.45, 7) is 4.28. The van der Waals surface area contributed by atoms with Crippen molar-refractivity contribution in [3.63, 3.8) is 0 Å². The van der Waals surface area contributed by atoms with Gasteiger partial charge in [-0.3, -0.25) is 0 Å². The second-order valence-electron chi connectivity index (χ2n) is 7.49. The Bertz CT molecular complexity index is 1160. The molecule has 29 heavy (non-hydrogen) atoms. The number of nitrogens with zero attached hydrogens (tertiary/aromatic N) is 5. The van der Waals surface area contributed by atoms with Crippen molar-refractivity contribution >= 4 is 22.9 Å². The van der Waals surface area contributed by atoms with Crippen LogP contribution in [0.15, 0.2) is 67.1 Å². The smallest absolute Gasteiger partial charge is 0.162 e. The van der Waals surface area contributed by atoms with E-state index in [0.29, 0.717) is 5.02 Å². The lowest BCUT2D eigenvalue weighted by Gasteiger charge is -2.34. The van der Waals surface area contributed by atoms with Gasteiger partial charge in [0.1, 0.15) is 0 Å². The lowest BCUT2D eigenvalue weighted by atomic mass is 10.1. The van der Waals surface area contributed by atoms with Gasteiger partial charge in [-0.05, 0) is 30.8 Å². The van der Waals surface area contributed by atoms with Gasteiger partial charge < -0.3 is 9.80 Å². The molecule has 0 radical (unpaired) electrons. The molecule has 0 atom stereocenters. The highest BCUT2D eigenvalue weighted by Gasteiger charge is 2.16. The van der Waals surface area contributed by atoms with Crippen LogP contribution in [0.3, 0.4) is 0 Å². The van der Waals surface area contributed by atoms with E-state index >= 15 is 0 Å². The summed E-state index contributed by atoms with van der Waals surface area (Å²) >= 11 is 6.35. The van der Waals surface area contributed by atoms with Crippen LogP contribution in [0.5, 0.6) is 0 Å². The van der Waals surface area contributed by atoms with E-state index in [0.717, 1.165) is 54.1 Å². The Kier molecular flexibility index (Phi) is 4.70. The molecule has 0 unspecified atom stereocenters. The summed E-state index contributed by atoms with van der Waals surface area (Å²) in [5.74, 6) is 0. The number of rotatable bonds is 3. The van der Waals surface area contributed by atoms with E-state index in [1.165, 1.54) is 5.69 Å². The van der Waals surface area contributed by atoms with E-state index in [4.69, 9.17) is 16.6 Å². The molecule has 2 aromatic carbocycles. The molecule has 5 rings (SSSR count). The first-order valence-corrected chi connectivity index (χ1v) is 10.2. The Morgan fingerprint density at radius 1 is 0.862 bits per heavy atom. The van der Waals surface area contributed by atoms with E-state index in [9.17, 15) is 0 Å². The predicted molar refractivity (Wildman–Crippen MR) is 119 cm³/mol. The number of aromatic nitrogens is 3. The number of hydrogen-bond acceptors (Lipinski definition) is 4. The first-order valence-electron chi connectivity index (χ1n) is 9.81. The van der Waals surface area contributed by atoms with Gasteiger partial charge in [-0.25, -0.2) is 9.50 Å². The number of anilines is 1. The van der Waals surface area contributed by atoms with Crippen molar-refractivity contribution in [2.24, 2.45) is 0 Å². The number of halogens is 1. The van der Waals surface area contributed by atoms with Crippen molar-refractivity contribution in [1.82, 2.24) is 19.5 Å². The number of benzene rings is 2. The Balaban J connectivity index is 1.50. The molecule has 0 spiro atoms. The molecule has 0 saturated carbocycles. The molecule has 1 aliphatic rings. The Labute approximate surface area is 175 Å². The third-order valence-electron chi connectivity index (χ3n) is 5.57. The van der Waals surface area contributed by atoms with Crippen LogP contribution in [0.25, 0.3) is 27.9 Å². The predicted octanol–water partition coefficient (Wildman–Crippen LogP) is 4.47. The molecule has 0 N–H and O–H groups in total. The summed E-state index contributed by atoms with van der Waals surface area (Å²) in [5, 5.41) is 5.26. The van der Waals surface area contributed by atoms with E-state index in [1.807, 2.05) is 47.4 Å². The van der Waals surface area contributed by atoms with E-state index < -0.39 is 0 Å². The summed E-state index contributed by atoms with van der Waals surface area (Å²) in [6.07, 6.45) is 5.74. The minimum absolute atomic E-state index is 0.709. The van der Waals surface area contributed by atoms with Crippen molar-refractivity contribution in [1.29, 1.82) is 0 Å². The van der Waals surface area contributed by atoms with Gasteiger partial charge in [0.05, 0.1) is 6.20 Å². The number of piperazine rings is 1. The highest BCUT2D eigenvalue weighted by Crippen LogP contribution is 2.30. The Hall–Kier alpha value is -2.89. The molecule has 4 aromatic rings. The molecule has 0 aliphatic carbocycles. The average molecular weight is 404 g/mol. The summed E-state index contributed by atoms with van der Waals surface area (Å²) in [5.41, 5.74) is 6.17. The maximum Gasteiger partial charge on any atom is 0.162 e.